The van der Waals surface area contributed by atoms with Crippen molar-refractivity contribution in [1.82, 2.24) is 10.6 Å². The Hall–Kier alpha value is -1.11. The highest BCUT2D eigenvalue weighted by Gasteiger charge is 2.37. The number of amides is 2. The normalized spacial score (nSPS) is 18.5. The van der Waals surface area contributed by atoms with Gasteiger partial charge in [0, 0.05) is 29.3 Å². The van der Waals surface area contributed by atoms with Gasteiger partial charge in [-0.15, -0.1) is 12.4 Å². The predicted molar refractivity (Wildman–Crippen MR) is 98.0 cm³/mol. The van der Waals surface area contributed by atoms with Gasteiger partial charge in [-0.2, -0.15) is 0 Å². The van der Waals surface area contributed by atoms with Crippen molar-refractivity contribution in [3.63, 3.8) is 0 Å². The first-order chi connectivity index (χ1) is 10.5. The molecule has 1 heterocycles. The number of nitrogens with zero attached hydrogens (tertiary/aromatic N) is 1. The van der Waals surface area contributed by atoms with E-state index >= 15 is 0 Å². The molecule has 0 saturated carbocycles. The van der Waals surface area contributed by atoms with E-state index in [0.29, 0.717) is 19.5 Å². The molecule has 2 atom stereocenters. The van der Waals surface area contributed by atoms with Crippen LogP contribution in [0.4, 0.5) is 5.69 Å². The first kappa shape index (κ1) is 19.9. The Labute approximate surface area is 151 Å². The van der Waals surface area contributed by atoms with Crippen LogP contribution >= 0.6 is 28.3 Å². The quantitative estimate of drug-likeness (QED) is 0.716. The fourth-order valence-corrected chi connectivity index (χ4v) is 3.01. The van der Waals surface area contributed by atoms with E-state index in [0.717, 1.165) is 16.7 Å². The van der Waals surface area contributed by atoms with Crippen LogP contribution in [-0.4, -0.2) is 37.5 Å². The van der Waals surface area contributed by atoms with E-state index in [9.17, 15) is 9.59 Å². The van der Waals surface area contributed by atoms with Crippen molar-refractivity contribution in [1.29, 1.82) is 0 Å². The van der Waals surface area contributed by atoms with Crippen molar-refractivity contribution in [2.45, 2.75) is 26.3 Å². The fraction of sp³-hybridized carbons (Fsp3) is 0.500. The molecule has 23 heavy (non-hydrogen) atoms. The lowest BCUT2D eigenvalue weighted by molar-refractivity contribution is -0.132. The SMILES string of the molecule is CCN[C@H](C)CNC(=O)C1CCN(c2cccc(Br)c2)C1=O.Cl. The van der Waals surface area contributed by atoms with E-state index in [1.54, 1.807) is 4.90 Å². The maximum Gasteiger partial charge on any atom is 0.239 e. The number of hydrogen-bond acceptors (Lipinski definition) is 3. The Kier molecular flexibility index (Phi) is 8.02. The number of halogens is 2. The molecule has 7 heteroatoms. The zero-order valence-electron chi connectivity index (χ0n) is 13.3. The first-order valence-corrected chi connectivity index (χ1v) is 8.40. The van der Waals surface area contributed by atoms with Gasteiger partial charge < -0.3 is 15.5 Å². The molecule has 1 aliphatic heterocycles. The number of rotatable bonds is 6. The van der Waals surface area contributed by atoms with Crippen LogP contribution in [0, 0.1) is 5.92 Å². The summed E-state index contributed by atoms with van der Waals surface area (Å²) >= 11 is 3.40. The van der Waals surface area contributed by atoms with Gasteiger partial charge in [-0.1, -0.05) is 28.9 Å². The molecule has 0 spiro atoms. The number of anilines is 1. The second kappa shape index (κ2) is 9.25. The maximum atomic E-state index is 12.5. The minimum atomic E-state index is -0.576. The largest absolute Gasteiger partial charge is 0.354 e. The molecule has 1 unspecified atom stereocenters. The molecule has 0 aliphatic carbocycles. The van der Waals surface area contributed by atoms with Crippen molar-refractivity contribution >= 4 is 45.8 Å². The molecule has 0 bridgehead atoms. The van der Waals surface area contributed by atoms with Crippen LogP contribution in [0.25, 0.3) is 0 Å². The molecule has 1 aromatic rings. The van der Waals surface area contributed by atoms with E-state index < -0.39 is 5.92 Å². The molecule has 1 aromatic carbocycles. The van der Waals surface area contributed by atoms with Gasteiger partial charge in [0.2, 0.25) is 11.8 Å². The summed E-state index contributed by atoms with van der Waals surface area (Å²) in [7, 11) is 0. The Morgan fingerprint density at radius 3 is 2.87 bits per heavy atom. The Balaban J connectivity index is 0.00000264. The Morgan fingerprint density at radius 1 is 1.48 bits per heavy atom. The van der Waals surface area contributed by atoms with Gasteiger partial charge >= 0.3 is 0 Å². The number of benzene rings is 1. The third-order valence-corrected chi connectivity index (χ3v) is 4.27. The third-order valence-electron chi connectivity index (χ3n) is 3.78. The second-order valence-corrected chi connectivity index (χ2v) is 6.43. The average molecular weight is 405 g/mol. The second-order valence-electron chi connectivity index (χ2n) is 5.51. The molecule has 2 amide bonds. The van der Waals surface area contributed by atoms with E-state index in [1.807, 2.05) is 38.1 Å². The monoisotopic (exact) mass is 403 g/mol. The Morgan fingerprint density at radius 2 is 2.22 bits per heavy atom. The van der Waals surface area contributed by atoms with Gasteiger partial charge in [-0.3, -0.25) is 9.59 Å². The average Bonchev–Trinajstić information content (AvgIpc) is 2.87. The predicted octanol–water partition coefficient (Wildman–Crippen LogP) is 2.34. The summed E-state index contributed by atoms with van der Waals surface area (Å²) in [6.45, 7) is 6.00. The summed E-state index contributed by atoms with van der Waals surface area (Å²) in [4.78, 5) is 26.4. The lowest BCUT2D eigenvalue weighted by Crippen LogP contribution is -2.43. The number of nitrogens with one attached hydrogen (secondary N) is 2. The van der Waals surface area contributed by atoms with Crippen LogP contribution in [-0.2, 0) is 9.59 Å². The van der Waals surface area contributed by atoms with Crippen LogP contribution < -0.4 is 15.5 Å². The van der Waals surface area contributed by atoms with Crippen LogP contribution in [0.15, 0.2) is 28.7 Å². The van der Waals surface area contributed by atoms with E-state index in [4.69, 9.17) is 0 Å². The van der Waals surface area contributed by atoms with Crippen molar-refractivity contribution in [3.05, 3.63) is 28.7 Å². The molecule has 2 rings (SSSR count). The lowest BCUT2D eigenvalue weighted by atomic mass is 10.1. The fourth-order valence-electron chi connectivity index (χ4n) is 2.62. The van der Waals surface area contributed by atoms with Gasteiger partial charge in [0.25, 0.3) is 0 Å². The van der Waals surface area contributed by atoms with Crippen molar-refractivity contribution < 1.29 is 9.59 Å². The molecule has 2 N–H and O–H groups in total. The smallest absolute Gasteiger partial charge is 0.239 e. The third kappa shape index (κ3) is 5.19. The van der Waals surface area contributed by atoms with Gasteiger partial charge in [-0.05, 0) is 38.1 Å². The van der Waals surface area contributed by atoms with Crippen molar-refractivity contribution in [2.24, 2.45) is 5.92 Å². The minimum absolute atomic E-state index is 0. The van der Waals surface area contributed by atoms with E-state index in [2.05, 4.69) is 26.6 Å². The summed E-state index contributed by atoms with van der Waals surface area (Å²) in [6, 6.07) is 7.78. The summed E-state index contributed by atoms with van der Waals surface area (Å²) in [6.07, 6.45) is 0.562. The number of hydrogen-bond donors (Lipinski definition) is 2. The summed E-state index contributed by atoms with van der Waals surface area (Å²) in [5, 5.41) is 6.09. The number of likely N-dealkylation sites (N-methyl/N-ethyl adjacent to an activating group) is 1. The van der Waals surface area contributed by atoms with Crippen LogP contribution in [0.1, 0.15) is 20.3 Å². The van der Waals surface area contributed by atoms with E-state index in [-0.39, 0.29) is 30.3 Å². The minimum Gasteiger partial charge on any atom is -0.354 e. The van der Waals surface area contributed by atoms with Crippen LogP contribution in [0.2, 0.25) is 0 Å². The summed E-state index contributed by atoms with van der Waals surface area (Å²) < 4.78 is 0.921. The summed E-state index contributed by atoms with van der Waals surface area (Å²) in [5.41, 5.74) is 0.829. The van der Waals surface area contributed by atoms with Gasteiger partial charge in [0.1, 0.15) is 5.92 Å². The number of carbonyl (C=O) groups excluding carboxylic acids is 2. The van der Waals surface area contributed by atoms with Crippen molar-refractivity contribution in [3.8, 4) is 0 Å². The molecule has 1 fully saturated rings. The highest BCUT2D eigenvalue weighted by atomic mass is 79.9. The molecular formula is C16H23BrClN3O2. The molecule has 1 aliphatic rings. The molecule has 128 valence electrons. The lowest BCUT2D eigenvalue weighted by Gasteiger charge is -2.18. The number of carbonyl (C=O) groups is 2. The van der Waals surface area contributed by atoms with Gasteiger partial charge in [0.15, 0.2) is 0 Å². The highest BCUT2D eigenvalue weighted by molar-refractivity contribution is 9.10. The molecule has 0 radical (unpaired) electrons. The molecule has 5 nitrogen and oxygen atoms in total. The molecular weight excluding hydrogens is 382 g/mol. The van der Waals surface area contributed by atoms with Crippen molar-refractivity contribution in [2.75, 3.05) is 24.5 Å². The van der Waals surface area contributed by atoms with E-state index in [1.165, 1.54) is 0 Å². The van der Waals surface area contributed by atoms with Crippen LogP contribution in [0.5, 0.6) is 0 Å². The zero-order chi connectivity index (χ0) is 16.1. The maximum absolute atomic E-state index is 12.5. The highest BCUT2D eigenvalue weighted by Crippen LogP contribution is 2.27. The molecule has 0 aromatic heterocycles. The first-order valence-electron chi connectivity index (χ1n) is 7.61. The zero-order valence-corrected chi connectivity index (χ0v) is 15.7. The summed E-state index contributed by atoms with van der Waals surface area (Å²) in [5.74, 6) is -0.869. The van der Waals surface area contributed by atoms with Gasteiger partial charge in [0.05, 0.1) is 0 Å². The standard InChI is InChI=1S/C16H22BrN3O2.ClH/c1-3-18-11(2)10-19-15(21)14-7-8-20(16(14)22)13-6-4-5-12(17)9-13;/h4-6,9,11,14,18H,3,7-8,10H2,1-2H3,(H,19,21);1H/t11-,14?;/m1./s1. The van der Waals surface area contributed by atoms with Gasteiger partial charge in [-0.25, -0.2) is 0 Å². The topological polar surface area (TPSA) is 61.4 Å². The molecule has 1 saturated heterocycles. The van der Waals surface area contributed by atoms with Crippen LogP contribution in [0.3, 0.4) is 0 Å². The Bertz CT molecular complexity index is 556.